The van der Waals surface area contributed by atoms with Crippen molar-refractivity contribution >= 4 is 5.97 Å². The Labute approximate surface area is 87.6 Å². The number of rotatable bonds is 2. The van der Waals surface area contributed by atoms with Gasteiger partial charge in [-0.15, -0.1) is 0 Å². The Kier molecular flexibility index (Phi) is 2.36. The Bertz CT molecular complexity index is 411. The number of carboxylic acid groups (broad SMARTS) is 1. The average molecular weight is 207 g/mol. The van der Waals surface area contributed by atoms with Crippen LogP contribution >= 0.6 is 0 Å². The van der Waals surface area contributed by atoms with Crippen molar-refractivity contribution in [2.45, 2.75) is 19.4 Å². The van der Waals surface area contributed by atoms with Gasteiger partial charge in [-0.25, -0.2) is 4.79 Å². The van der Waals surface area contributed by atoms with Crippen molar-refractivity contribution in [3.8, 4) is 5.75 Å². The monoisotopic (exact) mass is 207 g/mol. The van der Waals surface area contributed by atoms with Crippen molar-refractivity contribution in [2.75, 3.05) is 6.54 Å². The van der Waals surface area contributed by atoms with Gasteiger partial charge in [-0.2, -0.15) is 0 Å². The van der Waals surface area contributed by atoms with E-state index < -0.39 is 5.97 Å². The highest BCUT2D eigenvalue weighted by Gasteiger charge is 2.27. The number of carboxylic acids is 1. The average Bonchev–Trinajstić information content (AvgIpc) is 2.09. The largest absolute Gasteiger partial charge is 0.507 e. The van der Waals surface area contributed by atoms with Crippen molar-refractivity contribution in [2.24, 2.45) is 0 Å². The molecule has 2 rings (SSSR count). The third-order valence-electron chi connectivity index (χ3n) is 2.82. The van der Waals surface area contributed by atoms with Gasteiger partial charge in [0.25, 0.3) is 0 Å². The van der Waals surface area contributed by atoms with Gasteiger partial charge in [0.15, 0.2) is 0 Å². The lowest BCUT2D eigenvalue weighted by atomic mass is 9.91. The summed E-state index contributed by atoms with van der Waals surface area (Å²) in [7, 11) is 0. The summed E-state index contributed by atoms with van der Waals surface area (Å²) in [4.78, 5) is 11.0. The van der Waals surface area contributed by atoms with Crippen LogP contribution in [0.25, 0.3) is 0 Å². The molecule has 1 heterocycles. The van der Waals surface area contributed by atoms with Crippen molar-refractivity contribution in [3.05, 3.63) is 28.8 Å². The second-order valence-corrected chi connectivity index (χ2v) is 3.79. The predicted octanol–water partition coefficient (Wildman–Crippen LogP) is 1.43. The SMILES string of the molecule is Cc1ccc(C(=O)O)c([C@@H]2CCN2)c1O. The van der Waals surface area contributed by atoms with Gasteiger partial charge < -0.3 is 15.5 Å². The number of phenolic OH excluding ortho intramolecular Hbond substituents is 1. The van der Waals surface area contributed by atoms with Crippen LogP contribution in [0.5, 0.6) is 5.75 Å². The molecule has 80 valence electrons. The molecule has 0 aliphatic carbocycles. The molecule has 1 aromatic carbocycles. The molecular weight excluding hydrogens is 194 g/mol. The molecule has 0 amide bonds. The zero-order chi connectivity index (χ0) is 11.0. The van der Waals surface area contributed by atoms with E-state index in [1.807, 2.05) is 0 Å². The van der Waals surface area contributed by atoms with E-state index in [-0.39, 0.29) is 17.4 Å². The lowest BCUT2D eigenvalue weighted by molar-refractivity contribution is 0.0693. The number of aromatic hydroxyl groups is 1. The summed E-state index contributed by atoms with van der Waals surface area (Å²) >= 11 is 0. The Hall–Kier alpha value is -1.55. The number of hydrogen-bond acceptors (Lipinski definition) is 3. The van der Waals surface area contributed by atoms with Gasteiger partial charge in [0.2, 0.25) is 0 Å². The first kappa shape index (κ1) is 9.98. The van der Waals surface area contributed by atoms with E-state index in [0.29, 0.717) is 11.1 Å². The molecule has 4 nitrogen and oxygen atoms in total. The number of carbonyl (C=O) groups is 1. The minimum atomic E-state index is -0.992. The van der Waals surface area contributed by atoms with Crippen LogP contribution in [0.1, 0.15) is 33.9 Å². The molecule has 0 bridgehead atoms. The summed E-state index contributed by atoms with van der Waals surface area (Å²) in [5.74, 6) is -0.888. The van der Waals surface area contributed by atoms with Gasteiger partial charge in [-0.05, 0) is 31.5 Å². The van der Waals surface area contributed by atoms with E-state index in [2.05, 4.69) is 5.32 Å². The number of aryl methyl sites for hydroxylation is 1. The highest BCUT2D eigenvalue weighted by molar-refractivity contribution is 5.90. The molecule has 0 saturated carbocycles. The van der Waals surface area contributed by atoms with Crippen molar-refractivity contribution in [3.63, 3.8) is 0 Å². The second-order valence-electron chi connectivity index (χ2n) is 3.79. The van der Waals surface area contributed by atoms with Crippen LogP contribution in [0, 0.1) is 6.92 Å². The topological polar surface area (TPSA) is 69.6 Å². The van der Waals surface area contributed by atoms with Gasteiger partial charge in [0.1, 0.15) is 5.75 Å². The summed E-state index contributed by atoms with van der Waals surface area (Å²) in [6, 6.07) is 3.16. The molecule has 1 atom stereocenters. The minimum Gasteiger partial charge on any atom is -0.507 e. The van der Waals surface area contributed by atoms with E-state index in [9.17, 15) is 9.90 Å². The molecule has 0 spiro atoms. The van der Waals surface area contributed by atoms with Crippen LogP contribution in [0.2, 0.25) is 0 Å². The quantitative estimate of drug-likeness (QED) is 0.686. The Morgan fingerprint density at radius 1 is 1.53 bits per heavy atom. The zero-order valence-electron chi connectivity index (χ0n) is 8.45. The maximum atomic E-state index is 11.0. The molecule has 3 N–H and O–H groups in total. The van der Waals surface area contributed by atoms with Gasteiger partial charge in [-0.3, -0.25) is 0 Å². The highest BCUT2D eigenvalue weighted by atomic mass is 16.4. The third-order valence-corrected chi connectivity index (χ3v) is 2.82. The third kappa shape index (κ3) is 1.57. The number of phenols is 1. The molecule has 1 aromatic rings. The van der Waals surface area contributed by atoms with Gasteiger partial charge in [0, 0.05) is 11.6 Å². The number of benzene rings is 1. The standard InChI is InChI=1S/C11H13NO3/c1-6-2-3-7(11(14)15)9(10(6)13)8-4-5-12-8/h2-3,8,12-13H,4-5H2,1H3,(H,14,15)/t8-/m0/s1. The van der Waals surface area contributed by atoms with Gasteiger partial charge in [-0.1, -0.05) is 6.07 Å². The van der Waals surface area contributed by atoms with Gasteiger partial charge >= 0.3 is 5.97 Å². The molecule has 0 unspecified atom stereocenters. The maximum absolute atomic E-state index is 11.0. The van der Waals surface area contributed by atoms with Crippen LogP contribution in [0.3, 0.4) is 0 Å². The smallest absolute Gasteiger partial charge is 0.336 e. The van der Waals surface area contributed by atoms with Crippen LogP contribution in [-0.4, -0.2) is 22.7 Å². The highest BCUT2D eigenvalue weighted by Crippen LogP contribution is 2.35. The van der Waals surface area contributed by atoms with Crippen LogP contribution in [-0.2, 0) is 0 Å². The van der Waals surface area contributed by atoms with Crippen LogP contribution in [0.15, 0.2) is 12.1 Å². The molecular formula is C11H13NO3. The maximum Gasteiger partial charge on any atom is 0.336 e. The van der Waals surface area contributed by atoms with E-state index in [0.717, 1.165) is 13.0 Å². The summed E-state index contributed by atoms with van der Waals surface area (Å²) < 4.78 is 0. The molecule has 1 saturated heterocycles. The van der Waals surface area contributed by atoms with Crippen LogP contribution < -0.4 is 5.32 Å². The normalized spacial score (nSPS) is 19.7. The molecule has 1 aliphatic rings. The first-order chi connectivity index (χ1) is 7.11. The first-order valence-corrected chi connectivity index (χ1v) is 4.90. The lowest BCUT2D eigenvalue weighted by Gasteiger charge is -2.30. The van der Waals surface area contributed by atoms with Gasteiger partial charge in [0.05, 0.1) is 5.56 Å². The van der Waals surface area contributed by atoms with E-state index in [1.54, 1.807) is 19.1 Å². The minimum absolute atomic E-state index is 0.0176. The fourth-order valence-electron chi connectivity index (χ4n) is 1.79. The Balaban J connectivity index is 2.54. The van der Waals surface area contributed by atoms with E-state index in [4.69, 9.17) is 5.11 Å². The van der Waals surface area contributed by atoms with Crippen molar-refractivity contribution in [1.29, 1.82) is 0 Å². The molecule has 1 fully saturated rings. The molecule has 15 heavy (non-hydrogen) atoms. The fraction of sp³-hybridized carbons (Fsp3) is 0.364. The van der Waals surface area contributed by atoms with E-state index >= 15 is 0 Å². The summed E-state index contributed by atoms with van der Waals surface area (Å²) in [5.41, 5.74) is 1.42. The molecule has 4 heteroatoms. The van der Waals surface area contributed by atoms with Crippen molar-refractivity contribution in [1.82, 2.24) is 5.32 Å². The predicted molar refractivity (Wildman–Crippen MR) is 55.2 cm³/mol. The Morgan fingerprint density at radius 2 is 2.20 bits per heavy atom. The summed E-state index contributed by atoms with van der Waals surface area (Å²) in [6.07, 6.45) is 0.872. The molecule has 0 radical (unpaired) electrons. The Morgan fingerprint density at radius 3 is 2.67 bits per heavy atom. The summed E-state index contributed by atoms with van der Waals surface area (Å²) in [5, 5.41) is 22.0. The number of nitrogens with one attached hydrogen (secondary N) is 1. The fourth-order valence-corrected chi connectivity index (χ4v) is 1.79. The second kappa shape index (κ2) is 3.55. The number of hydrogen-bond donors (Lipinski definition) is 3. The van der Waals surface area contributed by atoms with E-state index in [1.165, 1.54) is 0 Å². The summed E-state index contributed by atoms with van der Waals surface area (Å²) in [6.45, 7) is 2.64. The molecule has 0 aromatic heterocycles. The van der Waals surface area contributed by atoms with Crippen molar-refractivity contribution < 1.29 is 15.0 Å². The zero-order valence-corrected chi connectivity index (χ0v) is 8.45. The van der Waals surface area contributed by atoms with Crippen LogP contribution in [0.4, 0.5) is 0 Å². The number of aromatic carboxylic acids is 1. The lowest BCUT2D eigenvalue weighted by Crippen LogP contribution is -2.36. The first-order valence-electron chi connectivity index (χ1n) is 4.90. The molecule has 1 aliphatic heterocycles.